The van der Waals surface area contributed by atoms with Gasteiger partial charge in [-0.1, -0.05) is 43.3 Å². The van der Waals surface area contributed by atoms with Crippen molar-refractivity contribution in [3.63, 3.8) is 0 Å². The summed E-state index contributed by atoms with van der Waals surface area (Å²) in [5.41, 5.74) is 0.453. The molecule has 2 aromatic carbocycles. The number of rotatable bonds is 5. The molecule has 1 saturated heterocycles. The second-order valence-electron chi connectivity index (χ2n) is 7.09. The lowest BCUT2D eigenvalue weighted by Gasteiger charge is -2.41. The molecule has 0 aliphatic carbocycles. The van der Waals surface area contributed by atoms with Gasteiger partial charge in [-0.3, -0.25) is 4.79 Å². The molecule has 1 aliphatic rings. The van der Waals surface area contributed by atoms with Crippen LogP contribution in [0.1, 0.15) is 37.3 Å². The van der Waals surface area contributed by atoms with Gasteiger partial charge in [-0.25, -0.2) is 13.6 Å². The van der Waals surface area contributed by atoms with Gasteiger partial charge < -0.3 is 15.0 Å². The van der Waals surface area contributed by atoms with Crippen molar-refractivity contribution in [3.05, 3.63) is 71.3 Å². The lowest BCUT2D eigenvalue weighted by molar-refractivity contribution is -0.135. The van der Waals surface area contributed by atoms with Crippen LogP contribution >= 0.6 is 0 Å². The molecule has 0 radical (unpaired) electrons. The maximum Gasteiger partial charge on any atom is 0.408 e. The second kappa shape index (κ2) is 9.03. The van der Waals surface area contributed by atoms with Crippen molar-refractivity contribution >= 4 is 12.0 Å². The SMILES string of the molecule is CCC(=O)N1CCC(OC(=O)NCc2ccc(F)c(F)c2)(c2ccccc2)CC1. The first-order valence-electron chi connectivity index (χ1n) is 9.67. The number of halogens is 2. The Morgan fingerprint density at radius 2 is 1.76 bits per heavy atom. The molecule has 0 bridgehead atoms. The maximum absolute atomic E-state index is 13.3. The van der Waals surface area contributed by atoms with Crippen molar-refractivity contribution < 1.29 is 23.1 Å². The van der Waals surface area contributed by atoms with Crippen molar-refractivity contribution in [1.29, 1.82) is 0 Å². The molecular formula is C22H24F2N2O3. The van der Waals surface area contributed by atoms with Crippen molar-refractivity contribution in [1.82, 2.24) is 10.2 Å². The minimum atomic E-state index is -0.966. The molecule has 29 heavy (non-hydrogen) atoms. The summed E-state index contributed by atoms with van der Waals surface area (Å²) in [6, 6.07) is 12.9. The van der Waals surface area contributed by atoms with Gasteiger partial charge in [0.1, 0.15) is 5.60 Å². The molecular weight excluding hydrogens is 378 g/mol. The van der Waals surface area contributed by atoms with E-state index in [4.69, 9.17) is 4.74 Å². The van der Waals surface area contributed by atoms with Gasteiger partial charge in [-0.2, -0.15) is 0 Å². The predicted octanol–water partition coefficient (Wildman–Crippen LogP) is 4.12. The standard InChI is InChI=1S/C22H24F2N2O3/c1-2-20(27)26-12-10-22(11-13-26,17-6-4-3-5-7-17)29-21(28)25-15-16-8-9-18(23)19(24)14-16/h3-9,14H,2,10-13,15H2,1H3,(H,25,28). The minimum absolute atomic E-state index is 0.0152. The number of alkyl carbamates (subject to hydrolysis) is 1. The van der Waals surface area contributed by atoms with E-state index in [0.717, 1.165) is 17.7 Å². The van der Waals surface area contributed by atoms with Crippen LogP contribution in [0.25, 0.3) is 0 Å². The molecule has 2 aromatic rings. The average Bonchev–Trinajstić information content (AvgIpc) is 2.75. The van der Waals surface area contributed by atoms with Crippen LogP contribution in [0.4, 0.5) is 13.6 Å². The van der Waals surface area contributed by atoms with Crippen molar-refractivity contribution in [2.45, 2.75) is 38.3 Å². The molecule has 0 unspecified atom stereocenters. The van der Waals surface area contributed by atoms with Crippen molar-refractivity contribution in [2.75, 3.05) is 13.1 Å². The molecule has 1 aliphatic heterocycles. The molecule has 2 amide bonds. The zero-order chi connectivity index (χ0) is 20.9. The highest BCUT2D eigenvalue weighted by Crippen LogP contribution is 2.37. The van der Waals surface area contributed by atoms with Gasteiger partial charge in [-0.15, -0.1) is 0 Å². The largest absolute Gasteiger partial charge is 0.438 e. The zero-order valence-corrected chi connectivity index (χ0v) is 16.3. The van der Waals surface area contributed by atoms with Crippen LogP contribution in [0, 0.1) is 11.6 Å². The molecule has 5 nitrogen and oxygen atoms in total. The molecule has 3 rings (SSSR count). The number of nitrogens with zero attached hydrogens (tertiary/aromatic N) is 1. The van der Waals surface area contributed by atoms with E-state index in [0.29, 0.717) is 37.9 Å². The van der Waals surface area contributed by atoms with Crippen molar-refractivity contribution in [3.8, 4) is 0 Å². The monoisotopic (exact) mass is 402 g/mol. The summed E-state index contributed by atoms with van der Waals surface area (Å²) < 4.78 is 32.2. The normalized spacial score (nSPS) is 15.6. The molecule has 7 heteroatoms. The summed E-state index contributed by atoms with van der Waals surface area (Å²) in [7, 11) is 0. The molecule has 1 N–H and O–H groups in total. The van der Waals surface area contributed by atoms with Crippen LogP contribution in [-0.2, 0) is 21.7 Å². The number of benzene rings is 2. The van der Waals surface area contributed by atoms with E-state index in [1.54, 1.807) is 4.90 Å². The third-order valence-corrected chi connectivity index (χ3v) is 5.24. The van der Waals surface area contributed by atoms with Gasteiger partial charge >= 0.3 is 6.09 Å². The Morgan fingerprint density at radius 3 is 2.38 bits per heavy atom. The number of likely N-dealkylation sites (tertiary alicyclic amines) is 1. The van der Waals surface area contributed by atoms with E-state index in [2.05, 4.69) is 5.32 Å². The highest BCUT2D eigenvalue weighted by molar-refractivity contribution is 5.76. The van der Waals surface area contributed by atoms with Gasteiger partial charge in [0.15, 0.2) is 11.6 Å². The zero-order valence-electron chi connectivity index (χ0n) is 16.3. The number of carbonyl (C=O) groups excluding carboxylic acids is 2. The molecule has 0 spiro atoms. The Labute approximate surface area is 168 Å². The Hall–Kier alpha value is -2.96. The highest BCUT2D eigenvalue weighted by atomic mass is 19.2. The molecule has 0 saturated carbocycles. The summed E-state index contributed by atoms with van der Waals surface area (Å²) in [6.07, 6.45) is 0.769. The van der Waals surface area contributed by atoms with Crippen LogP contribution < -0.4 is 5.32 Å². The molecule has 1 fully saturated rings. The lowest BCUT2D eigenvalue weighted by Crippen LogP contribution is -2.48. The van der Waals surface area contributed by atoms with E-state index >= 15 is 0 Å². The maximum atomic E-state index is 13.3. The van der Waals surface area contributed by atoms with Crippen LogP contribution in [-0.4, -0.2) is 30.0 Å². The number of amides is 2. The molecule has 0 atom stereocenters. The number of piperidine rings is 1. The Morgan fingerprint density at radius 1 is 1.07 bits per heavy atom. The molecule has 154 valence electrons. The number of hydrogen-bond acceptors (Lipinski definition) is 3. The number of ether oxygens (including phenoxy) is 1. The van der Waals surface area contributed by atoms with Crippen molar-refractivity contribution in [2.24, 2.45) is 0 Å². The summed E-state index contributed by atoms with van der Waals surface area (Å²) >= 11 is 0. The van der Waals surface area contributed by atoms with E-state index in [9.17, 15) is 18.4 Å². The predicted molar refractivity (Wildman–Crippen MR) is 104 cm³/mol. The minimum Gasteiger partial charge on any atom is -0.438 e. The van der Waals surface area contributed by atoms with Crippen LogP contribution in [0.3, 0.4) is 0 Å². The fourth-order valence-corrected chi connectivity index (χ4v) is 3.57. The smallest absolute Gasteiger partial charge is 0.408 e. The quantitative estimate of drug-likeness (QED) is 0.819. The van der Waals surface area contributed by atoms with Gasteiger partial charge in [0.25, 0.3) is 0 Å². The van der Waals surface area contributed by atoms with Crippen LogP contribution in [0.5, 0.6) is 0 Å². The van der Waals surface area contributed by atoms with Crippen LogP contribution in [0.15, 0.2) is 48.5 Å². The number of nitrogens with one attached hydrogen (secondary N) is 1. The third kappa shape index (κ3) is 4.91. The van der Waals surface area contributed by atoms with E-state index in [-0.39, 0.29) is 12.5 Å². The van der Waals surface area contributed by atoms with Gasteiger partial charge in [0.05, 0.1) is 0 Å². The van der Waals surface area contributed by atoms with E-state index in [1.165, 1.54) is 6.07 Å². The Bertz CT molecular complexity index is 866. The molecule has 0 aromatic heterocycles. The Balaban J connectivity index is 1.69. The highest BCUT2D eigenvalue weighted by Gasteiger charge is 2.40. The average molecular weight is 402 g/mol. The summed E-state index contributed by atoms with van der Waals surface area (Å²) in [6.45, 7) is 2.83. The van der Waals surface area contributed by atoms with E-state index in [1.807, 2.05) is 37.3 Å². The fourth-order valence-electron chi connectivity index (χ4n) is 3.57. The first-order valence-corrected chi connectivity index (χ1v) is 9.67. The fraction of sp³-hybridized carbons (Fsp3) is 0.364. The second-order valence-corrected chi connectivity index (χ2v) is 7.09. The summed E-state index contributed by atoms with van der Waals surface area (Å²) in [5.74, 6) is -1.83. The first-order chi connectivity index (χ1) is 13.9. The third-order valence-electron chi connectivity index (χ3n) is 5.24. The summed E-state index contributed by atoms with van der Waals surface area (Å²) in [5, 5.41) is 2.60. The lowest BCUT2D eigenvalue weighted by atomic mass is 9.84. The molecule has 1 heterocycles. The number of hydrogen-bond donors (Lipinski definition) is 1. The van der Waals surface area contributed by atoms with Gasteiger partial charge in [0, 0.05) is 38.9 Å². The first kappa shape index (κ1) is 20.8. The summed E-state index contributed by atoms with van der Waals surface area (Å²) in [4.78, 5) is 26.3. The van der Waals surface area contributed by atoms with Crippen LogP contribution in [0.2, 0.25) is 0 Å². The topological polar surface area (TPSA) is 58.6 Å². The Kier molecular flexibility index (Phi) is 6.46. The van der Waals surface area contributed by atoms with E-state index < -0.39 is 23.3 Å². The number of carbonyl (C=O) groups is 2. The van der Waals surface area contributed by atoms with Gasteiger partial charge in [0.2, 0.25) is 5.91 Å². The van der Waals surface area contributed by atoms with Gasteiger partial charge in [-0.05, 0) is 23.3 Å².